The van der Waals surface area contributed by atoms with Crippen molar-refractivity contribution in [2.45, 2.75) is 20.3 Å². The predicted molar refractivity (Wildman–Crippen MR) is 97.3 cm³/mol. The third-order valence-corrected chi connectivity index (χ3v) is 4.45. The molecule has 0 unspecified atom stereocenters. The van der Waals surface area contributed by atoms with E-state index in [4.69, 9.17) is 0 Å². The van der Waals surface area contributed by atoms with Gasteiger partial charge in [-0.25, -0.2) is 0 Å². The Labute approximate surface area is 144 Å². The monoisotopic (exact) mass is 332 g/mol. The highest BCUT2D eigenvalue weighted by Crippen LogP contribution is 2.18. The van der Waals surface area contributed by atoms with Gasteiger partial charge in [0, 0.05) is 50.6 Å². The Balaban J connectivity index is 1.84. The summed E-state index contributed by atoms with van der Waals surface area (Å²) in [6, 6.07) is 7.74. The number of nitrogens with one attached hydrogen (secondary N) is 1. The Morgan fingerprint density at radius 1 is 1.04 bits per heavy atom. The topological polar surface area (TPSA) is 55.9 Å². The lowest BCUT2D eigenvalue weighted by atomic mass is 10.2. The number of likely N-dealkylation sites (N-methyl/N-ethyl adjacent to an activating group) is 1. The molecule has 1 aromatic rings. The highest BCUT2D eigenvalue weighted by Gasteiger charge is 2.21. The number of rotatable bonds is 6. The number of nitrogens with zero attached hydrogens (tertiary/aromatic N) is 3. The number of benzene rings is 1. The third kappa shape index (κ3) is 4.96. The van der Waals surface area contributed by atoms with Gasteiger partial charge in [0.25, 0.3) is 0 Å². The number of anilines is 2. The van der Waals surface area contributed by atoms with Crippen molar-refractivity contribution < 1.29 is 9.59 Å². The smallest absolute Gasteiger partial charge is 0.233 e. The van der Waals surface area contributed by atoms with E-state index in [1.165, 1.54) is 0 Å². The zero-order chi connectivity index (χ0) is 17.5. The van der Waals surface area contributed by atoms with Crippen LogP contribution in [0.25, 0.3) is 0 Å². The second-order valence-corrected chi connectivity index (χ2v) is 6.13. The van der Waals surface area contributed by atoms with Gasteiger partial charge in [0.1, 0.15) is 6.42 Å². The average Bonchev–Trinajstić information content (AvgIpc) is 2.58. The molecule has 6 heteroatoms. The Kier molecular flexibility index (Phi) is 6.61. The van der Waals surface area contributed by atoms with Crippen molar-refractivity contribution in [2.24, 2.45) is 0 Å². The predicted octanol–water partition coefficient (Wildman–Crippen LogP) is 1.64. The molecule has 24 heavy (non-hydrogen) atoms. The molecule has 0 aromatic heterocycles. The molecular formula is C18H28N4O2. The van der Waals surface area contributed by atoms with Crippen LogP contribution < -0.4 is 10.2 Å². The van der Waals surface area contributed by atoms with Crippen LogP contribution in [0.3, 0.4) is 0 Å². The Hall–Kier alpha value is -2.08. The lowest BCUT2D eigenvalue weighted by Gasteiger charge is -2.32. The summed E-state index contributed by atoms with van der Waals surface area (Å²) in [5.41, 5.74) is 1.86. The first-order valence-corrected chi connectivity index (χ1v) is 8.64. The number of hydrogen-bond donors (Lipinski definition) is 1. The van der Waals surface area contributed by atoms with Gasteiger partial charge in [0.15, 0.2) is 0 Å². The maximum Gasteiger partial charge on any atom is 0.233 e. The molecule has 1 N–H and O–H groups in total. The largest absolute Gasteiger partial charge is 0.372 e. The maximum absolute atomic E-state index is 12.2. The molecule has 132 valence electrons. The summed E-state index contributed by atoms with van der Waals surface area (Å²) in [6.45, 7) is 9.23. The highest BCUT2D eigenvalue weighted by atomic mass is 16.2. The Bertz CT molecular complexity index is 547. The minimum atomic E-state index is -0.255. The van der Waals surface area contributed by atoms with Crippen molar-refractivity contribution >= 4 is 23.2 Å². The molecule has 6 nitrogen and oxygen atoms in total. The number of amides is 2. The minimum absolute atomic E-state index is 0.0957. The van der Waals surface area contributed by atoms with Crippen LogP contribution in [0.1, 0.15) is 20.3 Å². The van der Waals surface area contributed by atoms with Gasteiger partial charge in [0.2, 0.25) is 11.8 Å². The summed E-state index contributed by atoms with van der Waals surface area (Å²) in [7, 11) is 2.04. The van der Waals surface area contributed by atoms with Crippen LogP contribution >= 0.6 is 0 Å². The normalized spacial score (nSPS) is 15.2. The zero-order valence-electron chi connectivity index (χ0n) is 14.9. The number of carbonyl (C=O) groups excluding carboxylic acids is 2. The van der Waals surface area contributed by atoms with Crippen LogP contribution in [0.15, 0.2) is 24.3 Å². The fourth-order valence-electron chi connectivity index (χ4n) is 2.85. The van der Waals surface area contributed by atoms with Gasteiger partial charge in [-0.3, -0.25) is 9.59 Å². The van der Waals surface area contributed by atoms with Gasteiger partial charge in [0.05, 0.1) is 0 Å². The zero-order valence-corrected chi connectivity index (χ0v) is 14.9. The molecule has 1 aliphatic rings. The van der Waals surface area contributed by atoms with Gasteiger partial charge >= 0.3 is 0 Å². The molecule has 0 saturated carbocycles. The summed E-state index contributed by atoms with van der Waals surface area (Å²) >= 11 is 0. The molecule has 1 heterocycles. The minimum Gasteiger partial charge on any atom is -0.372 e. The average molecular weight is 332 g/mol. The van der Waals surface area contributed by atoms with Crippen molar-refractivity contribution in [3.63, 3.8) is 0 Å². The van der Waals surface area contributed by atoms with Gasteiger partial charge in [-0.15, -0.1) is 0 Å². The van der Waals surface area contributed by atoms with Crippen molar-refractivity contribution in [1.82, 2.24) is 9.80 Å². The van der Waals surface area contributed by atoms with E-state index in [0.717, 1.165) is 37.6 Å². The summed E-state index contributed by atoms with van der Waals surface area (Å²) < 4.78 is 0. The van der Waals surface area contributed by atoms with Crippen LogP contribution in [0, 0.1) is 0 Å². The number of piperazine rings is 1. The maximum atomic E-state index is 12.2. The van der Waals surface area contributed by atoms with Gasteiger partial charge in [-0.1, -0.05) is 0 Å². The van der Waals surface area contributed by atoms with Crippen molar-refractivity contribution in [3.05, 3.63) is 24.3 Å². The molecule has 0 radical (unpaired) electrons. The van der Waals surface area contributed by atoms with Crippen LogP contribution in [0.4, 0.5) is 11.4 Å². The molecule has 1 aromatic carbocycles. The molecule has 0 atom stereocenters. The molecule has 0 spiro atoms. The molecule has 1 fully saturated rings. The SMILES string of the molecule is CCN(CC)c1ccc(NC(=O)CC(=O)N2CCN(C)CC2)cc1. The molecule has 1 saturated heterocycles. The van der Waals surface area contributed by atoms with E-state index < -0.39 is 0 Å². The second kappa shape index (κ2) is 8.68. The van der Waals surface area contributed by atoms with Crippen LogP contribution in [0.5, 0.6) is 0 Å². The lowest BCUT2D eigenvalue weighted by Crippen LogP contribution is -2.47. The van der Waals surface area contributed by atoms with E-state index in [1.54, 1.807) is 4.90 Å². The van der Waals surface area contributed by atoms with Gasteiger partial charge in [-0.05, 0) is 45.2 Å². The Morgan fingerprint density at radius 3 is 2.17 bits per heavy atom. The molecule has 0 aliphatic carbocycles. The van der Waals surface area contributed by atoms with Crippen molar-refractivity contribution in [1.29, 1.82) is 0 Å². The Morgan fingerprint density at radius 2 is 1.62 bits per heavy atom. The number of carbonyl (C=O) groups is 2. The second-order valence-electron chi connectivity index (χ2n) is 6.13. The van der Waals surface area contributed by atoms with Crippen molar-refractivity contribution in [2.75, 3.05) is 56.5 Å². The molecule has 2 rings (SSSR count). The first-order valence-electron chi connectivity index (χ1n) is 8.64. The van der Waals surface area contributed by atoms with E-state index in [0.29, 0.717) is 13.1 Å². The first-order chi connectivity index (χ1) is 11.5. The van der Waals surface area contributed by atoms with Gasteiger partial charge in [-0.2, -0.15) is 0 Å². The van der Waals surface area contributed by atoms with Crippen LogP contribution in [-0.4, -0.2) is 67.9 Å². The summed E-state index contributed by atoms with van der Waals surface area (Å²) in [6.07, 6.45) is -0.0957. The fourth-order valence-corrected chi connectivity index (χ4v) is 2.85. The summed E-state index contributed by atoms with van der Waals surface area (Å²) in [4.78, 5) is 30.4. The molecule has 0 bridgehead atoms. The van der Waals surface area contributed by atoms with E-state index in [2.05, 4.69) is 29.0 Å². The fraction of sp³-hybridized carbons (Fsp3) is 0.556. The van der Waals surface area contributed by atoms with E-state index in [9.17, 15) is 9.59 Å². The van der Waals surface area contributed by atoms with E-state index in [1.807, 2.05) is 31.3 Å². The quantitative estimate of drug-likeness (QED) is 0.805. The van der Waals surface area contributed by atoms with Crippen LogP contribution in [0.2, 0.25) is 0 Å². The van der Waals surface area contributed by atoms with Crippen molar-refractivity contribution in [3.8, 4) is 0 Å². The highest BCUT2D eigenvalue weighted by molar-refractivity contribution is 6.03. The molecular weight excluding hydrogens is 304 g/mol. The number of hydrogen-bond acceptors (Lipinski definition) is 4. The summed E-state index contributed by atoms with van der Waals surface area (Å²) in [5, 5.41) is 2.81. The third-order valence-electron chi connectivity index (χ3n) is 4.45. The molecule has 1 aliphatic heterocycles. The van der Waals surface area contributed by atoms with Gasteiger partial charge < -0.3 is 20.0 Å². The lowest BCUT2D eigenvalue weighted by molar-refractivity contribution is -0.135. The standard InChI is InChI=1S/C18H28N4O2/c1-4-21(5-2)16-8-6-15(7-9-16)19-17(23)14-18(24)22-12-10-20(3)11-13-22/h6-9H,4-5,10-14H2,1-3H3,(H,19,23). The molecule has 2 amide bonds. The summed E-state index contributed by atoms with van der Waals surface area (Å²) in [5.74, 6) is -0.352. The van der Waals surface area contributed by atoms with E-state index >= 15 is 0 Å². The van der Waals surface area contributed by atoms with Crippen LogP contribution in [-0.2, 0) is 9.59 Å². The first kappa shape index (κ1) is 18.3. The van der Waals surface area contributed by atoms with E-state index in [-0.39, 0.29) is 18.2 Å².